The molecule has 33 heavy (non-hydrogen) atoms. The number of aromatic nitrogens is 3. The van der Waals surface area contributed by atoms with Crippen molar-refractivity contribution in [2.45, 2.75) is 33.4 Å². The first-order chi connectivity index (χ1) is 15.9. The largest absolute Gasteiger partial charge is 0.439 e. The number of para-hydroxylation sites is 1. The van der Waals surface area contributed by atoms with Crippen molar-refractivity contribution in [3.05, 3.63) is 98.3 Å². The molecule has 0 saturated carbocycles. The minimum Gasteiger partial charge on any atom is -0.439 e. The third-order valence-corrected chi connectivity index (χ3v) is 5.31. The molecule has 2 N–H and O–H groups in total. The summed E-state index contributed by atoms with van der Waals surface area (Å²) in [6, 6.07) is 16.4. The Bertz CT molecular complexity index is 1420. The number of H-pyrrole nitrogens is 1. The number of amides is 1. The van der Waals surface area contributed by atoms with Crippen LogP contribution in [0.4, 0.5) is 0 Å². The summed E-state index contributed by atoms with van der Waals surface area (Å²) in [5.41, 5.74) is 2.48. The van der Waals surface area contributed by atoms with Crippen molar-refractivity contribution in [3.63, 3.8) is 0 Å². The number of hydrogen-bond acceptors (Lipinski definition) is 5. The van der Waals surface area contributed by atoms with Gasteiger partial charge < -0.3 is 10.1 Å². The minimum absolute atomic E-state index is 0.0944. The van der Waals surface area contributed by atoms with Crippen LogP contribution in [0, 0.1) is 13.8 Å². The Balaban J connectivity index is 1.34. The topological polar surface area (TPSA) is 106 Å². The van der Waals surface area contributed by atoms with E-state index >= 15 is 0 Å². The van der Waals surface area contributed by atoms with Crippen molar-refractivity contribution in [1.82, 2.24) is 19.9 Å². The third kappa shape index (κ3) is 5.17. The molecule has 0 aliphatic carbocycles. The molecule has 0 bridgehead atoms. The lowest BCUT2D eigenvalue weighted by Gasteiger charge is -2.11. The molecule has 4 rings (SSSR count). The SMILES string of the molecule is Cc1ccc(C)c(Oc2ccc(CNC(=O)CCn3c(=O)[nH]c(=O)c4ccccc43)cn2)c1. The fourth-order valence-electron chi connectivity index (χ4n) is 3.47. The Morgan fingerprint density at radius 3 is 2.70 bits per heavy atom. The van der Waals surface area contributed by atoms with E-state index in [0.717, 1.165) is 22.4 Å². The molecule has 0 aliphatic heterocycles. The first kappa shape index (κ1) is 22.0. The molecular formula is C25H24N4O4. The molecule has 8 heteroatoms. The number of rotatable bonds is 7. The summed E-state index contributed by atoms with van der Waals surface area (Å²) < 4.78 is 7.26. The molecular weight excluding hydrogens is 420 g/mol. The average molecular weight is 444 g/mol. The predicted molar refractivity (Wildman–Crippen MR) is 126 cm³/mol. The molecule has 1 amide bonds. The first-order valence-electron chi connectivity index (χ1n) is 10.6. The van der Waals surface area contributed by atoms with Crippen molar-refractivity contribution in [3.8, 4) is 11.6 Å². The summed E-state index contributed by atoms with van der Waals surface area (Å²) in [7, 11) is 0. The van der Waals surface area contributed by atoms with Crippen LogP contribution in [0.1, 0.15) is 23.1 Å². The molecule has 2 heterocycles. The third-order valence-electron chi connectivity index (χ3n) is 5.31. The Kier molecular flexibility index (Phi) is 6.35. The van der Waals surface area contributed by atoms with E-state index in [-0.39, 0.29) is 18.9 Å². The fourth-order valence-corrected chi connectivity index (χ4v) is 3.47. The molecule has 168 valence electrons. The zero-order chi connectivity index (χ0) is 23.4. The molecule has 0 spiro atoms. The summed E-state index contributed by atoms with van der Waals surface area (Å²) in [5.74, 6) is 1.02. The Morgan fingerprint density at radius 1 is 1.09 bits per heavy atom. The average Bonchev–Trinajstić information content (AvgIpc) is 2.81. The Morgan fingerprint density at radius 2 is 1.91 bits per heavy atom. The molecule has 0 saturated heterocycles. The van der Waals surface area contributed by atoms with E-state index in [4.69, 9.17) is 4.74 Å². The summed E-state index contributed by atoms with van der Waals surface area (Å²) >= 11 is 0. The quantitative estimate of drug-likeness (QED) is 0.455. The van der Waals surface area contributed by atoms with Gasteiger partial charge in [0.25, 0.3) is 5.56 Å². The van der Waals surface area contributed by atoms with E-state index in [1.807, 2.05) is 38.1 Å². The van der Waals surface area contributed by atoms with Gasteiger partial charge in [0.05, 0.1) is 10.9 Å². The van der Waals surface area contributed by atoms with Gasteiger partial charge in [-0.15, -0.1) is 0 Å². The molecule has 2 aromatic heterocycles. The highest BCUT2D eigenvalue weighted by atomic mass is 16.5. The highest BCUT2D eigenvalue weighted by Crippen LogP contribution is 2.24. The second-order valence-corrected chi connectivity index (χ2v) is 7.83. The smallest absolute Gasteiger partial charge is 0.328 e. The van der Waals surface area contributed by atoms with E-state index in [1.165, 1.54) is 4.57 Å². The van der Waals surface area contributed by atoms with Gasteiger partial charge in [0.15, 0.2) is 0 Å². The number of aromatic amines is 1. The fraction of sp³-hybridized carbons (Fsp3) is 0.200. The standard InChI is InChI=1S/C25H24N4O4/c1-16-7-8-17(2)21(13-16)33-23-10-9-18(15-27-23)14-26-22(30)11-12-29-20-6-4-3-5-19(20)24(31)28-25(29)32/h3-10,13,15H,11-12,14H2,1-2H3,(H,26,30)(H,28,31,32). The molecule has 0 aliphatic rings. The van der Waals surface area contributed by atoms with Crippen molar-refractivity contribution in [2.24, 2.45) is 0 Å². The van der Waals surface area contributed by atoms with Crippen LogP contribution in [-0.2, 0) is 17.9 Å². The van der Waals surface area contributed by atoms with Gasteiger partial charge in [-0.1, -0.05) is 30.3 Å². The molecule has 0 fully saturated rings. The van der Waals surface area contributed by atoms with Gasteiger partial charge in [0, 0.05) is 31.8 Å². The molecule has 0 unspecified atom stereocenters. The van der Waals surface area contributed by atoms with E-state index in [9.17, 15) is 14.4 Å². The minimum atomic E-state index is -0.532. The van der Waals surface area contributed by atoms with Gasteiger partial charge in [-0.2, -0.15) is 0 Å². The maximum Gasteiger partial charge on any atom is 0.328 e. The number of nitrogens with one attached hydrogen (secondary N) is 2. The van der Waals surface area contributed by atoms with Crippen LogP contribution < -0.4 is 21.3 Å². The molecule has 2 aromatic carbocycles. The maximum atomic E-state index is 12.3. The van der Waals surface area contributed by atoms with Gasteiger partial charge in [0.2, 0.25) is 11.8 Å². The second-order valence-electron chi connectivity index (χ2n) is 7.83. The lowest BCUT2D eigenvalue weighted by atomic mass is 10.1. The summed E-state index contributed by atoms with van der Waals surface area (Å²) in [5, 5.41) is 3.24. The number of carbonyl (C=O) groups is 1. The second kappa shape index (κ2) is 9.52. The normalized spacial score (nSPS) is 10.8. The lowest BCUT2D eigenvalue weighted by Crippen LogP contribution is -2.32. The number of carbonyl (C=O) groups excluding carboxylic acids is 1. The van der Waals surface area contributed by atoms with E-state index < -0.39 is 11.2 Å². The molecule has 8 nitrogen and oxygen atoms in total. The van der Waals surface area contributed by atoms with Gasteiger partial charge in [-0.05, 0) is 48.7 Å². The molecule has 0 radical (unpaired) electrons. The van der Waals surface area contributed by atoms with Gasteiger partial charge in [0.1, 0.15) is 5.75 Å². The zero-order valence-electron chi connectivity index (χ0n) is 18.4. The van der Waals surface area contributed by atoms with Crippen molar-refractivity contribution < 1.29 is 9.53 Å². The van der Waals surface area contributed by atoms with Crippen LogP contribution in [0.15, 0.2) is 70.4 Å². The van der Waals surface area contributed by atoms with Crippen LogP contribution in [0.25, 0.3) is 10.9 Å². The highest BCUT2D eigenvalue weighted by Gasteiger charge is 2.09. The number of benzene rings is 2. The van der Waals surface area contributed by atoms with Crippen LogP contribution in [0.2, 0.25) is 0 Å². The monoisotopic (exact) mass is 444 g/mol. The van der Waals surface area contributed by atoms with E-state index in [2.05, 4.69) is 15.3 Å². The maximum absolute atomic E-state index is 12.3. The summed E-state index contributed by atoms with van der Waals surface area (Å²) in [6.45, 7) is 4.43. The van der Waals surface area contributed by atoms with E-state index in [1.54, 1.807) is 36.5 Å². The van der Waals surface area contributed by atoms with Crippen LogP contribution in [-0.4, -0.2) is 20.4 Å². The van der Waals surface area contributed by atoms with Gasteiger partial charge in [-0.3, -0.25) is 19.1 Å². The first-order valence-corrected chi connectivity index (χ1v) is 10.6. The number of ether oxygens (including phenoxy) is 1. The predicted octanol–water partition coefficient (Wildman–Crippen LogP) is 3.20. The van der Waals surface area contributed by atoms with Crippen molar-refractivity contribution >= 4 is 16.8 Å². The summed E-state index contributed by atoms with van der Waals surface area (Å²) in [4.78, 5) is 43.1. The van der Waals surface area contributed by atoms with Crippen LogP contribution in [0.5, 0.6) is 11.6 Å². The van der Waals surface area contributed by atoms with Crippen LogP contribution >= 0.6 is 0 Å². The number of aryl methyl sites for hydroxylation is 3. The number of nitrogens with zero attached hydrogens (tertiary/aromatic N) is 2. The number of hydrogen-bond donors (Lipinski definition) is 2. The lowest BCUT2D eigenvalue weighted by molar-refractivity contribution is -0.121. The zero-order valence-corrected chi connectivity index (χ0v) is 18.4. The Hall–Kier alpha value is -4.20. The highest BCUT2D eigenvalue weighted by molar-refractivity contribution is 5.78. The summed E-state index contributed by atoms with van der Waals surface area (Å²) in [6.07, 6.45) is 1.75. The van der Waals surface area contributed by atoms with Gasteiger partial charge >= 0.3 is 5.69 Å². The van der Waals surface area contributed by atoms with Crippen LogP contribution in [0.3, 0.4) is 0 Å². The van der Waals surface area contributed by atoms with E-state index in [0.29, 0.717) is 23.3 Å². The van der Waals surface area contributed by atoms with Crippen molar-refractivity contribution in [1.29, 1.82) is 0 Å². The van der Waals surface area contributed by atoms with Gasteiger partial charge in [-0.25, -0.2) is 9.78 Å². The number of pyridine rings is 1. The molecule has 4 aromatic rings. The Labute approximate surface area is 189 Å². The van der Waals surface area contributed by atoms with Crippen molar-refractivity contribution in [2.75, 3.05) is 0 Å². The molecule has 0 atom stereocenters. The number of fused-ring (bicyclic) bond motifs is 1.